The zero-order valence-electron chi connectivity index (χ0n) is 10.5. The van der Waals surface area contributed by atoms with Gasteiger partial charge in [-0.05, 0) is 18.2 Å². The van der Waals surface area contributed by atoms with Crippen LogP contribution >= 0.6 is 0 Å². The molecule has 0 atom stereocenters. The minimum Gasteiger partial charge on any atom is -1.00 e. The SMILES string of the molecule is COc1ccc(-n2nccn2)c(C(=O)O)c1.[H-].[K+]. The average molecular weight is 259 g/mol. The number of nitrogens with zero attached hydrogens (tertiary/aromatic N) is 3. The number of carbonyl (C=O) groups is 1. The Morgan fingerprint density at radius 2 is 2.06 bits per heavy atom. The number of hydrogen-bond acceptors (Lipinski definition) is 4. The van der Waals surface area contributed by atoms with Crippen LogP contribution in [0, 0.1) is 0 Å². The molecule has 0 fully saturated rings. The van der Waals surface area contributed by atoms with Crippen LogP contribution < -0.4 is 56.1 Å². The van der Waals surface area contributed by atoms with Crippen LogP contribution in [0.1, 0.15) is 11.8 Å². The van der Waals surface area contributed by atoms with Gasteiger partial charge in [-0.15, -0.1) is 0 Å². The Morgan fingerprint density at radius 1 is 1.41 bits per heavy atom. The van der Waals surface area contributed by atoms with Crippen LogP contribution in [0.3, 0.4) is 0 Å². The van der Waals surface area contributed by atoms with Gasteiger partial charge in [0.15, 0.2) is 0 Å². The maximum atomic E-state index is 11.1. The molecule has 6 nitrogen and oxygen atoms in total. The van der Waals surface area contributed by atoms with E-state index in [1.54, 1.807) is 12.1 Å². The van der Waals surface area contributed by atoms with Crippen molar-refractivity contribution in [1.82, 2.24) is 15.0 Å². The van der Waals surface area contributed by atoms with Crippen molar-refractivity contribution in [3.05, 3.63) is 36.2 Å². The molecule has 0 amide bonds. The van der Waals surface area contributed by atoms with Gasteiger partial charge in [-0.1, -0.05) is 0 Å². The fraction of sp³-hybridized carbons (Fsp3) is 0.100. The van der Waals surface area contributed by atoms with E-state index in [1.165, 1.54) is 30.4 Å². The molecule has 0 saturated heterocycles. The van der Waals surface area contributed by atoms with Crippen molar-refractivity contribution in [2.24, 2.45) is 0 Å². The molecule has 1 N–H and O–H groups in total. The van der Waals surface area contributed by atoms with E-state index < -0.39 is 5.97 Å². The van der Waals surface area contributed by atoms with Gasteiger partial charge in [0.2, 0.25) is 0 Å². The van der Waals surface area contributed by atoms with E-state index in [0.29, 0.717) is 11.4 Å². The summed E-state index contributed by atoms with van der Waals surface area (Å²) in [4.78, 5) is 12.3. The number of hydrogen-bond donors (Lipinski definition) is 1. The first-order chi connectivity index (χ1) is 7.72. The zero-order chi connectivity index (χ0) is 11.5. The largest absolute Gasteiger partial charge is 1.00 e. The van der Waals surface area contributed by atoms with Crippen molar-refractivity contribution in [2.75, 3.05) is 7.11 Å². The molecule has 0 aliphatic heterocycles. The van der Waals surface area contributed by atoms with Crippen molar-refractivity contribution < 1.29 is 67.4 Å². The molecular formula is C10H10KN3O3. The molecule has 0 bridgehead atoms. The predicted octanol–water partition coefficient (Wildman–Crippen LogP) is -1.91. The molecule has 84 valence electrons. The Kier molecular flexibility index (Phi) is 5.28. The number of carboxylic acids is 1. The normalized spacial score (nSPS) is 9.47. The molecule has 0 spiro atoms. The van der Waals surface area contributed by atoms with Crippen LogP contribution in [-0.4, -0.2) is 33.2 Å². The summed E-state index contributed by atoms with van der Waals surface area (Å²) in [5, 5.41) is 16.8. The van der Waals surface area contributed by atoms with Crippen LogP contribution in [-0.2, 0) is 0 Å². The Labute approximate surface area is 141 Å². The third-order valence-corrected chi connectivity index (χ3v) is 2.07. The molecule has 0 aliphatic rings. The first-order valence-corrected chi connectivity index (χ1v) is 4.50. The summed E-state index contributed by atoms with van der Waals surface area (Å²) in [6, 6.07) is 4.69. The Hall–Kier alpha value is -0.734. The Balaban J connectivity index is 0.00000144. The quantitative estimate of drug-likeness (QED) is 0.651. The van der Waals surface area contributed by atoms with Gasteiger partial charge in [0.05, 0.1) is 25.1 Å². The van der Waals surface area contributed by atoms with Gasteiger partial charge in [0.1, 0.15) is 11.4 Å². The van der Waals surface area contributed by atoms with Gasteiger partial charge >= 0.3 is 57.4 Å². The number of carboxylic acid groups (broad SMARTS) is 1. The molecule has 2 rings (SSSR count). The number of methoxy groups -OCH3 is 1. The van der Waals surface area contributed by atoms with E-state index in [1.807, 2.05) is 0 Å². The summed E-state index contributed by atoms with van der Waals surface area (Å²) in [6.07, 6.45) is 2.96. The fourth-order valence-electron chi connectivity index (χ4n) is 1.33. The molecule has 1 aromatic heterocycles. The van der Waals surface area contributed by atoms with Crippen LogP contribution in [0.25, 0.3) is 5.69 Å². The van der Waals surface area contributed by atoms with Crippen molar-refractivity contribution in [3.8, 4) is 11.4 Å². The van der Waals surface area contributed by atoms with E-state index >= 15 is 0 Å². The van der Waals surface area contributed by atoms with Crippen molar-refractivity contribution in [3.63, 3.8) is 0 Å². The second-order valence-corrected chi connectivity index (χ2v) is 3.01. The van der Waals surface area contributed by atoms with Gasteiger partial charge in [-0.2, -0.15) is 15.0 Å². The monoisotopic (exact) mass is 259 g/mol. The number of rotatable bonds is 3. The topological polar surface area (TPSA) is 77.2 Å². The first kappa shape index (κ1) is 14.3. The predicted molar refractivity (Wildman–Crippen MR) is 56.0 cm³/mol. The van der Waals surface area contributed by atoms with Crippen molar-refractivity contribution >= 4 is 5.97 Å². The number of benzene rings is 1. The van der Waals surface area contributed by atoms with Crippen LogP contribution in [0.2, 0.25) is 0 Å². The van der Waals surface area contributed by atoms with Gasteiger partial charge < -0.3 is 11.3 Å². The number of aromatic carboxylic acids is 1. The van der Waals surface area contributed by atoms with Gasteiger partial charge in [0, 0.05) is 0 Å². The maximum absolute atomic E-state index is 11.1. The van der Waals surface area contributed by atoms with Gasteiger partial charge in [-0.3, -0.25) is 0 Å². The molecule has 0 aliphatic carbocycles. The smallest absolute Gasteiger partial charge is 1.00 e. The minimum absolute atomic E-state index is 0. The molecule has 2 aromatic rings. The first-order valence-electron chi connectivity index (χ1n) is 4.50. The molecule has 1 aromatic carbocycles. The Bertz CT molecular complexity index is 519. The molecule has 0 saturated carbocycles. The van der Waals surface area contributed by atoms with Crippen LogP contribution in [0.15, 0.2) is 30.6 Å². The van der Waals surface area contributed by atoms with Crippen molar-refractivity contribution in [1.29, 1.82) is 0 Å². The Morgan fingerprint density at radius 3 is 2.59 bits per heavy atom. The second kappa shape index (κ2) is 6.27. The summed E-state index contributed by atoms with van der Waals surface area (Å²) >= 11 is 0. The molecule has 17 heavy (non-hydrogen) atoms. The molecular weight excluding hydrogens is 249 g/mol. The summed E-state index contributed by atoms with van der Waals surface area (Å²) < 4.78 is 4.96. The summed E-state index contributed by atoms with van der Waals surface area (Å²) in [5.41, 5.74) is 0.494. The third kappa shape index (κ3) is 3.14. The molecule has 0 radical (unpaired) electrons. The molecule has 7 heteroatoms. The number of ether oxygens (including phenoxy) is 1. The van der Waals surface area contributed by atoms with Gasteiger partial charge in [0.25, 0.3) is 0 Å². The zero-order valence-corrected chi connectivity index (χ0v) is 12.6. The van der Waals surface area contributed by atoms with E-state index in [0.717, 1.165) is 0 Å². The third-order valence-electron chi connectivity index (χ3n) is 2.07. The van der Waals surface area contributed by atoms with E-state index in [4.69, 9.17) is 9.84 Å². The van der Waals surface area contributed by atoms with Gasteiger partial charge in [-0.25, -0.2) is 4.79 Å². The van der Waals surface area contributed by atoms with Crippen LogP contribution in [0.4, 0.5) is 0 Å². The molecule has 0 unspecified atom stereocenters. The van der Waals surface area contributed by atoms with E-state index in [-0.39, 0.29) is 58.4 Å². The van der Waals surface area contributed by atoms with E-state index in [9.17, 15) is 4.79 Å². The number of aromatic nitrogens is 3. The minimum atomic E-state index is -1.05. The van der Waals surface area contributed by atoms with Crippen molar-refractivity contribution in [2.45, 2.75) is 0 Å². The molecule has 1 heterocycles. The average Bonchev–Trinajstić information content (AvgIpc) is 2.81. The standard InChI is InChI=1S/C10H9N3O3.K.H/c1-16-7-2-3-9(8(6-7)10(14)15)13-11-4-5-12-13;;/h2-6H,1H3,(H,14,15);;/q;+1;-1. The summed E-state index contributed by atoms with van der Waals surface area (Å²) in [7, 11) is 1.48. The van der Waals surface area contributed by atoms with Crippen LogP contribution in [0.5, 0.6) is 5.75 Å². The summed E-state index contributed by atoms with van der Waals surface area (Å²) in [5.74, 6) is -0.570. The summed E-state index contributed by atoms with van der Waals surface area (Å²) in [6.45, 7) is 0. The van der Waals surface area contributed by atoms with E-state index in [2.05, 4.69) is 10.2 Å². The fourth-order valence-corrected chi connectivity index (χ4v) is 1.33. The second-order valence-electron chi connectivity index (χ2n) is 3.01. The maximum Gasteiger partial charge on any atom is 1.00 e.